The van der Waals surface area contributed by atoms with Crippen LogP contribution in [0, 0.1) is 0 Å². The lowest BCUT2D eigenvalue weighted by Crippen LogP contribution is -2.47. The number of allylic oxidation sites excluding steroid dienone is 13. The van der Waals surface area contributed by atoms with Gasteiger partial charge in [-0.3, -0.25) is 18.6 Å². The third-order valence-electron chi connectivity index (χ3n) is 14.1. The number of ether oxygens (including phenoxy) is 1. The Morgan fingerprint density at radius 1 is 0.462 bits per heavy atom. The summed E-state index contributed by atoms with van der Waals surface area (Å²) >= 11 is 0. The van der Waals surface area contributed by atoms with Crippen molar-refractivity contribution in [2.75, 3.05) is 40.9 Å². The Morgan fingerprint density at radius 2 is 0.821 bits per heavy atom. The van der Waals surface area contributed by atoms with Crippen LogP contribution in [0.25, 0.3) is 0 Å². The fraction of sp³-hybridized carbons (Fsp3) is 0.765. The molecule has 0 fully saturated rings. The zero-order chi connectivity index (χ0) is 57.2. The van der Waals surface area contributed by atoms with Gasteiger partial charge in [-0.15, -0.1) is 0 Å². The summed E-state index contributed by atoms with van der Waals surface area (Å²) in [5, 5.41) is 3.05. The van der Waals surface area contributed by atoms with Gasteiger partial charge >= 0.3 is 13.8 Å². The van der Waals surface area contributed by atoms with Crippen LogP contribution < -0.4 is 5.32 Å². The molecular weight excluding hydrogens is 988 g/mol. The molecule has 0 radical (unpaired) electrons. The van der Waals surface area contributed by atoms with E-state index in [4.69, 9.17) is 13.8 Å². The second kappa shape index (κ2) is 57.4. The molecule has 3 unspecified atom stereocenters. The molecule has 0 aliphatic heterocycles. The highest BCUT2D eigenvalue weighted by atomic mass is 31.2. The standard InChI is InChI=1S/C68H123N2O7P/c1-7-10-13-16-19-22-25-28-30-31-32-33-34-35-36-37-38-39-41-42-45-48-51-54-57-60-67(71)69-65(64-76-78(73,74)75-63-62-70(4,5)6)66(59-56-53-50-47-44-27-24-21-18-15-12-9-3)77-68(72)61-58-55-52-49-46-43-40-29-26-23-20-17-14-11-8-2/h19-20,22-23,26,28-30,32-33,35-36,56,59,65-66H,7-18,21,24-25,27,31,34,37-55,57-58,60-64H2,1-6H3,(H-,69,71,73,74)/p+1/b22-19-,23-20+,29-26+,30-28-,33-32-,36-35-,59-56-. The number of quaternary nitrogens is 1. The van der Waals surface area contributed by atoms with E-state index in [-0.39, 0.29) is 31.5 Å². The maximum absolute atomic E-state index is 13.6. The number of hydrogen-bond acceptors (Lipinski definition) is 6. The normalized spacial score (nSPS) is 14.2. The minimum absolute atomic E-state index is 0.0339. The topological polar surface area (TPSA) is 111 Å². The van der Waals surface area contributed by atoms with Crippen molar-refractivity contribution in [1.29, 1.82) is 0 Å². The number of nitrogens with zero attached hydrogens (tertiary/aromatic N) is 1. The predicted octanol–water partition coefficient (Wildman–Crippen LogP) is 20.2. The van der Waals surface area contributed by atoms with E-state index in [1.165, 1.54) is 141 Å². The molecule has 0 bridgehead atoms. The van der Waals surface area contributed by atoms with Crippen molar-refractivity contribution in [1.82, 2.24) is 5.32 Å². The molecule has 0 aliphatic rings. The highest BCUT2D eigenvalue weighted by Crippen LogP contribution is 2.43. The van der Waals surface area contributed by atoms with E-state index in [1.54, 1.807) is 0 Å². The van der Waals surface area contributed by atoms with Gasteiger partial charge < -0.3 is 19.4 Å². The van der Waals surface area contributed by atoms with Crippen molar-refractivity contribution in [2.24, 2.45) is 0 Å². The molecule has 0 spiro atoms. The molecule has 9 nitrogen and oxygen atoms in total. The number of hydrogen-bond donors (Lipinski definition) is 2. The summed E-state index contributed by atoms with van der Waals surface area (Å²) in [4.78, 5) is 37.7. The van der Waals surface area contributed by atoms with Gasteiger partial charge in [0.1, 0.15) is 19.3 Å². The number of phosphoric acid groups is 1. The lowest BCUT2D eigenvalue weighted by molar-refractivity contribution is -0.870. The van der Waals surface area contributed by atoms with Crippen LogP contribution in [0.4, 0.5) is 0 Å². The van der Waals surface area contributed by atoms with Crippen molar-refractivity contribution < 1.29 is 37.3 Å². The Labute approximate surface area is 482 Å². The van der Waals surface area contributed by atoms with Crippen molar-refractivity contribution in [3.8, 4) is 0 Å². The van der Waals surface area contributed by atoms with E-state index in [0.717, 1.165) is 109 Å². The largest absolute Gasteiger partial charge is 0.472 e. The molecule has 78 heavy (non-hydrogen) atoms. The molecule has 0 aromatic carbocycles. The van der Waals surface area contributed by atoms with E-state index >= 15 is 0 Å². The smallest absolute Gasteiger partial charge is 0.456 e. The van der Waals surface area contributed by atoms with E-state index in [0.29, 0.717) is 17.4 Å². The number of amides is 1. The first kappa shape index (κ1) is 75.2. The zero-order valence-corrected chi connectivity index (χ0v) is 52.5. The average Bonchev–Trinajstić information content (AvgIpc) is 3.40. The fourth-order valence-corrected chi connectivity index (χ4v) is 9.77. The SMILES string of the molecule is CCCCC/C=C\C/C=C\C/C=C\C/C=C\CCCCCCCCCCCC(=O)NC(COP(=O)(O)OCC[N+](C)(C)C)C(/C=C\CCCCCCCCCCCC)OC(=O)CCCCCCCC/C=C/C=C/CCCCC. The number of rotatable bonds is 58. The van der Waals surface area contributed by atoms with Gasteiger partial charge in [-0.25, -0.2) is 4.57 Å². The van der Waals surface area contributed by atoms with Crippen LogP contribution in [0.15, 0.2) is 85.1 Å². The third-order valence-corrected chi connectivity index (χ3v) is 15.1. The first-order chi connectivity index (χ1) is 37.9. The van der Waals surface area contributed by atoms with Gasteiger partial charge in [0.05, 0.1) is 33.8 Å². The van der Waals surface area contributed by atoms with Crippen LogP contribution in [-0.2, 0) is 27.9 Å². The lowest BCUT2D eigenvalue weighted by atomic mass is 10.0. The Hall–Kier alpha value is -2.81. The first-order valence-electron chi connectivity index (χ1n) is 32.4. The molecular formula is C68H124N2O7P+. The van der Waals surface area contributed by atoms with E-state index in [2.05, 4.69) is 99.0 Å². The average molecular weight is 1110 g/mol. The second-order valence-corrected chi connectivity index (χ2v) is 24.4. The molecule has 10 heteroatoms. The van der Waals surface area contributed by atoms with Gasteiger partial charge in [-0.1, -0.05) is 254 Å². The van der Waals surface area contributed by atoms with Crippen LogP contribution in [0.1, 0.15) is 284 Å². The van der Waals surface area contributed by atoms with Crippen LogP contribution in [0.3, 0.4) is 0 Å². The van der Waals surface area contributed by atoms with Gasteiger partial charge in [0.15, 0.2) is 0 Å². The molecule has 2 N–H and O–H groups in total. The summed E-state index contributed by atoms with van der Waals surface area (Å²) in [5.41, 5.74) is 0. The quantitative estimate of drug-likeness (QED) is 0.0156. The molecule has 3 atom stereocenters. The number of likely N-dealkylation sites (N-methyl/N-ethyl adjacent to an activating group) is 1. The van der Waals surface area contributed by atoms with Gasteiger partial charge in [0, 0.05) is 12.8 Å². The van der Waals surface area contributed by atoms with Crippen molar-refractivity contribution in [2.45, 2.75) is 296 Å². The third kappa shape index (κ3) is 57.9. The molecule has 0 rings (SSSR count). The van der Waals surface area contributed by atoms with Crippen molar-refractivity contribution in [3.05, 3.63) is 85.1 Å². The Kier molecular flexibility index (Phi) is 55.4. The highest BCUT2D eigenvalue weighted by molar-refractivity contribution is 7.47. The number of carbonyl (C=O) groups is 2. The van der Waals surface area contributed by atoms with Crippen molar-refractivity contribution >= 4 is 19.7 Å². The number of nitrogens with one attached hydrogen (secondary N) is 1. The minimum Gasteiger partial charge on any atom is -0.456 e. The van der Waals surface area contributed by atoms with Crippen LogP contribution >= 0.6 is 7.82 Å². The lowest BCUT2D eigenvalue weighted by Gasteiger charge is -2.27. The van der Waals surface area contributed by atoms with Crippen LogP contribution in [-0.4, -0.2) is 74.3 Å². The maximum Gasteiger partial charge on any atom is 0.472 e. The Bertz CT molecular complexity index is 1610. The summed E-state index contributed by atoms with van der Waals surface area (Å²) in [6.07, 6.45) is 75.8. The summed E-state index contributed by atoms with van der Waals surface area (Å²) in [6, 6.07) is -0.860. The molecule has 0 aromatic rings. The Morgan fingerprint density at radius 3 is 1.27 bits per heavy atom. The van der Waals surface area contributed by atoms with Crippen LogP contribution in [0.5, 0.6) is 0 Å². The molecule has 452 valence electrons. The number of phosphoric ester groups is 1. The first-order valence-corrected chi connectivity index (χ1v) is 33.9. The fourth-order valence-electron chi connectivity index (χ4n) is 9.03. The van der Waals surface area contributed by atoms with E-state index < -0.39 is 20.0 Å². The van der Waals surface area contributed by atoms with E-state index in [1.807, 2.05) is 33.3 Å². The van der Waals surface area contributed by atoms with Gasteiger partial charge in [-0.2, -0.15) is 0 Å². The molecule has 0 aromatic heterocycles. The van der Waals surface area contributed by atoms with Gasteiger partial charge in [0.25, 0.3) is 0 Å². The van der Waals surface area contributed by atoms with Gasteiger partial charge in [0.2, 0.25) is 5.91 Å². The number of esters is 1. The van der Waals surface area contributed by atoms with Crippen LogP contribution in [0.2, 0.25) is 0 Å². The molecule has 1 amide bonds. The number of unbranched alkanes of at least 4 members (excludes halogenated alkanes) is 31. The van der Waals surface area contributed by atoms with Gasteiger partial charge in [-0.05, 0) is 102 Å². The molecule has 0 saturated carbocycles. The summed E-state index contributed by atoms with van der Waals surface area (Å²) in [6.45, 7) is 6.95. The second-order valence-electron chi connectivity index (χ2n) is 23.0. The monoisotopic (exact) mass is 1110 g/mol. The Balaban J connectivity index is 5.17. The van der Waals surface area contributed by atoms with E-state index in [9.17, 15) is 19.0 Å². The summed E-state index contributed by atoms with van der Waals surface area (Å²) < 4.78 is 30.7. The zero-order valence-electron chi connectivity index (χ0n) is 51.6. The molecule has 0 saturated heterocycles. The predicted molar refractivity (Wildman–Crippen MR) is 337 cm³/mol. The molecule has 0 aliphatic carbocycles. The summed E-state index contributed by atoms with van der Waals surface area (Å²) in [5.74, 6) is -0.524. The summed E-state index contributed by atoms with van der Waals surface area (Å²) in [7, 11) is 1.48. The number of carbonyl (C=O) groups excluding carboxylic acids is 2. The minimum atomic E-state index is -4.46. The maximum atomic E-state index is 13.6. The van der Waals surface area contributed by atoms with Crippen molar-refractivity contribution in [3.63, 3.8) is 0 Å². The molecule has 0 heterocycles. The highest BCUT2D eigenvalue weighted by Gasteiger charge is 2.30.